The number of aliphatic hydroxyl groups excluding tert-OH is 2. The third-order valence-corrected chi connectivity index (χ3v) is 3.54. The van der Waals surface area contributed by atoms with E-state index in [1.54, 1.807) is 13.8 Å². The first-order valence-corrected chi connectivity index (χ1v) is 5.20. The molecule has 2 aliphatic rings. The second kappa shape index (κ2) is 2.92. The van der Waals surface area contributed by atoms with Crippen LogP contribution < -0.4 is 5.32 Å². The van der Waals surface area contributed by atoms with Crippen LogP contribution in [0.3, 0.4) is 0 Å². The summed E-state index contributed by atoms with van der Waals surface area (Å²) in [6.45, 7) is 3.81. The molecule has 0 aromatic heterocycles. The van der Waals surface area contributed by atoms with Gasteiger partial charge in [0.25, 0.3) is 0 Å². The van der Waals surface area contributed by atoms with Gasteiger partial charge in [-0.25, -0.2) is 0 Å². The molecule has 4 nitrogen and oxygen atoms in total. The highest BCUT2D eigenvalue weighted by atomic mass is 16.3. The van der Waals surface area contributed by atoms with Crippen molar-refractivity contribution in [3.63, 3.8) is 0 Å². The summed E-state index contributed by atoms with van der Waals surface area (Å²) >= 11 is 0. The Morgan fingerprint density at radius 1 is 1.29 bits per heavy atom. The van der Waals surface area contributed by atoms with Gasteiger partial charge < -0.3 is 20.6 Å². The maximum Gasteiger partial charge on any atom is 0.0927 e. The molecule has 1 spiro atoms. The van der Waals surface area contributed by atoms with Crippen molar-refractivity contribution in [2.24, 2.45) is 5.92 Å². The maximum absolute atomic E-state index is 10.00. The standard InChI is InChI=1S/C10H19NO3/c1-9(2,14)8-7(13)6(12)5-11-10(8)3-4-10/h6-8,11-14H,3-5H2,1-2H3/t6-,7+,8?/m1/s1. The molecular weight excluding hydrogens is 182 g/mol. The summed E-state index contributed by atoms with van der Waals surface area (Å²) in [5.74, 6) is -0.279. The Labute approximate surface area is 83.9 Å². The van der Waals surface area contributed by atoms with Gasteiger partial charge in [-0.05, 0) is 26.7 Å². The fraction of sp³-hybridized carbons (Fsp3) is 1.00. The number of piperidine rings is 1. The van der Waals surface area contributed by atoms with E-state index in [-0.39, 0.29) is 11.5 Å². The molecule has 2 fully saturated rings. The largest absolute Gasteiger partial charge is 0.390 e. The predicted octanol–water partition coefficient (Wildman–Crippen LogP) is -0.769. The zero-order valence-corrected chi connectivity index (χ0v) is 8.70. The normalized spacial score (nSPS) is 41.4. The predicted molar refractivity (Wildman–Crippen MR) is 51.8 cm³/mol. The van der Waals surface area contributed by atoms with E-state index in [1.807, 2.05) is 0 Å². The Hall–Kier alpha value is -0.160. The molecule has 0 radical (unpaired) electrons. The van der Waals surface area contributed by atoms with Crippen LogP contribution in [0.15, 0.2) is 0 Å². The van der Waals surface area contributed by atoms with Gasteiger partial charge in [0.1, 0.15) is 0 Å². The van der Waals surface area contributed by atoms with Crippen LogP contribution in [-0.4, -0.2) is 45.2 Å². The number of hydrogen-bond donors (Lipinski definition) is 4. The van der Waals surface area contributed by atoms with Crippen LogP contribution in [0.1, 0.15) is 26.7 Å². The zero-order valence-electron chi connectivity index (χ0n) is 8.70. The van der Waals surface area contributed by atoms with Crippen LogP contribution >= 0.6 is 0 Å². The Morgan fingerprint density at radius 2 is 1.86 bits per heavy atom. The molecule has 82 valence electrons. The van der Waals surface area contributed by atoms with E-state index >= 15 is 0 Å². The molecule has 1 saturated heterocycles. The van der Waals surface area contributed by atoms with Crippen LogP contribution in [0, 0.1) is 5.92 Å². The molecule has 14 heavy (non-hydrogen) atoms. The molecule has 1 unspecified atom stereocenters. The molecule has 0 amide bonds. The lowest BCUT2D eigenvalue weighted by atomic mass is 9.74. The van der Waals surface area contributed by atoms with Gasteiger partial charge in [-0.1, -0.05) is 0 Å². The highest BCUT2D eigenvalue weighted by Gasteiger charge is 2.60. The summed E-state index contributed by atoms with van der Waals surface area (Å²) < 4.78 is 0. The lowest BCUT2D eigenvalue weighted by molar-refractivity contribution is -0.129. The second-order valence-corrected chi connectivity index (χ2v) is 5.23. The van der Waals surface area contributed by atoms with Gasteiger partial charge in [0, 0.05) is 18.0 Å². The van der Waals surface area contributed by atoms with Crippen molar-refractivity contribution >= 4 is 0 Å². The Kier molecular flexibility index (Phi) is 2.16. The van der Waals surface area contributed by atoms with E-state index in [0.717, 1.165) is 12.8 Å². The minimum Gasteiger partial charge on any atom is -0.390 e. The molecule has 0 aromatic rings. The Balaban J connectivity index is 2.23. The molecule has 0 bridgehead atoms. The van der Waals surface area contributed by atoms with Gasteiger partial charge in [0.05, 0.1) is 17.8 Å². The van der Waals surface area contributed by atoms with Gasteiger partial charge in [-0.2, -0.15) is 0 Å². The van der Waals surface area contributed by atoms with Crippen molar-refractivity contribution in [1.29, 1.82) is 0 Å². The molecule has 1 heterocycles. The van der Waals surface area contributed by atoms with Crippen LogP contribution in [-0.2, 0) is 0 Å². The smallest absolute Gasteiger partial charge is 0.0927 e. The van der Waals surface area contributed by atoms with E-state index in [1.165, 1.54) is 0 Å². The summed E-state index contributed by atoms with van der Waals surface area (Å²) in [6.07, 6.45) is 0.369. The van der Waals surface area contributed by atoms with Crippen molar-refractivity contribution in [1.82, 2.24) is 5.32 Å². The number of rotatable bonds is 1. The third-order valence-electron chi connectivity index (χ3n) is 3.54. The number of aliphatic hydroxyl groups is 3. The van der Waals surface area contributed by atoms with E-state index in [4.69, 9.17) is 0 Å². The van der Waals surface area contributed by atoms with E-state index in [9.17, 15) is 15.3 Å². The maximum atomic E-state index is 10.00. The van der Waals surface area contributed by atoms with Crippen LogP contribution in [0.4, 0.5) is 0 Å². The van der Waals surface area contributed by atoms with Gasteiger partial charge in [-0.3, -0.25) is 0 Å². The topological polar surface area (TPSA) is 72.7 Å². The van der Waals surface area contributed by atoms with Gasteiger partial charge in [-0.15, -0.1) is 0 Å². The minimum atomic E-state index is -0.954. The Bertz CT molecular complexity index is 232. The summed E-state index contributed by atoms with van der Waals surface area (Å²) in [5.41, 5.74) is -1.08. The van der Waals surface area contributed by atoms with Crippen molar-refractivity contribution in [2.75, 3.05) is 6.54 Å². The SMILES string of the molecule is CC(C)(O)C1[C@@H](O)[C@H](O)CNC12CC2. The van der Waals surface area contributed by atoms with Crippen LogP contribution in [0.5, 0.6) is 0 Å². The molecule has 1 aliphatic heterocycles. The number of hydrogen-bond acceptors (Lipinski definition) is 4. The molecular formula is C10H19NO3. The molecule has 1 aliphatic carbocycles. The number of β-amino-alcohol motifs (C(OH)–C–C–N with tert-alkyl or cyclic N) is 1. The first kappa shape index (κ1) is 10.4. The number of nitrogens with one attached hydrogen (secondary N) is 1. The molecule has 2 rings (SSSR count). The molecule has 4 N–H and O–H groups in total. The van der Waals surface area contributed by atoms with E-state index < -0.39 is 17.8 Å². The third kappa shape index (κ3) is 1.46. The highest BCUT2D eigenvalue weighted by Crippen LogP contribution is 2.50. The summed E-state index contributed by atoms with van der Waals surface area (Å²) in [5, 5.41) is 32.7. The average Bonchev–Trinajstić information content (AvgIpc) is 2.77. The lowest BCUT2D eigenvalue weighted by Crippen LogP contribution is -2.63. The molecule has 1 saturated carbocycles. The quantitative estimate of drug-likeness (QED) is 0.449. The fourth-order valence-electron chi connectivity index (χ4n) is 2.80. The molecule has 3 atom stereocenters. The minimum absolute atomic E-state index is 0.128. The molecule has 4 heteroatoms. The van der Waals surface area contributed by atoms with Crippen molar-refractivity contribution in [3.05, 3.63) is 0 Å². The van der Waals surface area contributed by atoms with Crippen LogP contribution in [0.2, 0.25) is 0 Å². The average molecular weight is 201 g/mol. The highest BCUT2D eigenvalue weighted by molar-refractivity contribution is 5.16. The van der Waals surface area contributed by atoms with Crippen molar-refractivity contribution in [3.8, 4) is 0 Å². The van der Waals surface area contributed by atoms with Gasteiger partial charge in [0.2, 0.25) is 0 Å². The molecule has 0 aromatic carbocycles. The lowest BCUT2D eigenvalue weighted by Gasteiger charge is -2.45. The van der Waals surface area contributed by atoms with Crippen LogP contribution in [0.25, 0.3) is 0 Å². The zero-order chi connectivity index (χ0) is 10.6. The summed E-state index contributed by atoms with van der Waals surface area (Å²) in [4.78, 5) is 0. The monoisotopic (exact) mass is 201 g/mol. The van der Waals surface area contributed by atoms with Gasteiger partial charge >= 0.3 is 0 Å². The first-order chi connectivity index (χ1) is 6.37. The van der Waals surface area contributed by atoms with Gasteiger partial charge in [0.15, 0.2) is 0 Å². The first-order valence-electron chi connectivity index (χ1n) is 5.20. The summed E-state index contributed by atoms with van der Waals surface area (Å²) in [7, 11) is 0. The van der Waals surface area contributed by atoms with Crippen molar-refractivity contribution < 1.29 is 15.3 Å². The fourth-order valence-corrected chi connectivity index (χ4v) is 2.80. The summed E-state index contributed by atoms with van der Waals surface area (Å²) in [6, 6.07) is 0. The van der Waals surface area contributed by atoms with E-state index in [0.29, 0.717) is 6.54 Å². The van der Waals surface area contributed by atoms with Crippen molar-refractivity contribution in [2.45, 2.75) is 50.0 Å². The van der Waals surface area contributed by atoms with E-state index in [2.05, 4.69) is 5.32 Å². The second-order valence-electron chi connectivity index (χ2n) is 5.23. The Morgan fingerprint density at radius 3 is 2.29 bits per heavy atom.